The SMILES string of the molecule is CC(N)(Cc1ccc(Cl)c(Cl)c1)c1ccc(Br)cn1.N. The largest absolute Gasteiger partial charge is 0.344 e. The number of pyridine rings is 1. The summed E-state index contributed by atoms with van der Waals surface area (Å²) in [6.07, 6.45) is 2.38. The van der Waals surface area contributed by atoms with Gasteiger partial charge in [0.05, 0.1) is 21.3 Å². The van der Waals surface area contributed by atoms with Crippen LogP contribution in [0.3, 0.4) is 0 Å². The second-order valence-corrected chi connectivity index (χ2v) is 6.43. The average Bonchev–Trinajstić information content (AvgIpc) is 2.34. The lowest BCUT2D eigenvalue weighted by atomic mass is 9.90. The molecule has 0 radical (unpaired) electrons. The third kappa shape index (κ3) is 4.17. The fourth-order valence-corrected chi connectivity index (χ4v) is 2.43. The second kappa shape index (κ2) is 6.87. The maximum Gasteiger partial charge on any atom is 0.0603 e. The number of halogens is 3. The van der Waals surface area contributed by atoms with Crippen molar-refractivity contribution in [2.75, 3.05) is 0 Å². The molecule has 0 bridgehead atoms. The molecule has 3 nitrogen and oxygen atoms in total. The fourth-order valence-electron chi connectivity index (χ4n) is 1.88. The van der Waals surface area contributed by atoms with E-state index in [0.717, 1.165) is 15.7 Å². The van der Waals surface area contributed by atoms with Gasteiger partial charge in [0.25, 0.3) is 0 Å². The lowest BCUT2D eigenvalue weighted by Crippen LogP contribution is -2.36. The van der Waals surface area contributed by atoms with Crippen molar-refractivity contribution >= 4 is 39.1 Å². The number of benzene rings is 1. The molecule has 0 fully saturated rings. The Labute approximate surface area is 137 Å². The van der Waals surface area contributed by atoms with Crippen LogP contribution in [0.25, 0.3) is 0 Å². The molecule has 0 saturated heterocycles. The summed E-state index contributed by atoms with van der Waals surface area (Å²) in [6.45, 7) is 1.95. The Hall–Kier alpha value is -0.650. The second-order valence-electron chi connectivity index (χ2n) is 4.70. The van der Waals surface area contributed by atoms with Crippen molar-refractivity contribution in [3.05, 3.63) is 62.3 Å². The van der Waals surface area contributed by atoms with Crippen molar-refractivity contribution in [1.82, 2.24) is 11.1 Å². The Morgan fingerprint density at radius 1 is 1.20 bits per heavy atom. The van der Waals surface area contributed by atoms with Gasteiger partial charge in [0.15, 0.2) is 0 Å². The van der Waals surface area contributed by atoms with Gasteiger partial charge >= 0.3 is 0 Å². The standard InChI is InChI=1S/C14H13BrCl2N2.H3N/c1-14(18,13-5-3-10(15)8-19-13)7-9-2-4-11(16)12(17)6-9;/h2-6,8H,7,18H2,1H3;1H3. The van der Waals surface area contributed by atoms with Crippen molar-refractivity contribution in [1.29, 1.82) is 0 Å². The van der Waals surface area contributed by atoms with E-state index in [1.54, 1.807) is 12.3 Å². The zero-order valence-electron chi connectivity index (χ0n) is 11.0. The van der Waals surface area contributed by atoms with Gasteiger partial charge in [-0.25, -0.2) is 0 Å². The molecular formula is C14H16BrCl2N3. The number of rotatable bonds is 3. The van der Waals surface area contributed by atoms with E-state index in [4.69, 9.17) is 28.9 Å². The normalized spacial score (nSPS) is 13.4. The molecule has 0 amide bonds. The molecule has 2 aromatic rings. The first kappa shape index (κ1) is 17.4. The van der Waals surface area contributed by atoms with E-state index in [1.165, 1.54) is 0 Å². The molecule has 0 saturated carbocycles. The number of hydrogen-bond acceptors (Lipinski definition) is 3. The Morgan fingerprint density at radius 3 is 2.45 bits per heavy atom. The Balaban J connectivity index is 0.00000200. The van der Waals surface area contributed by atoms with Gasteiger partial charge in [-0.05, 0) is 59.1 Å². The maximum absolute atomic E-state index is 6.35. The summed E-state index contributed by atoms with van der Waals surface area (Å²) in [5, 5.41) is 1.09. The zero-order chi connectivity index (χ0) is 14.0. The smallest absolute Gasteiger partial charge is 0.0603 e. The van der Waals surface area contributed by atoms with E-state index < -0.39 is 5.54 Å². The molecule has 0 aliphatic carbocycles. The Morgan fingerprint density at radius 2 is 1.90 bits per heavy atom. The highest BCUT2D eigenvalue weighted by molar-refractivity contribution is 9.10. The van der Waals surface area contributed by atoms with Gasteiger partial charge in [0, 0.05) is 10.7 Å². The molecule has 0 spiro atoms. The summed E-state index contributed by atoms with van der Waals surface area (Å²) in [6, 6.07) is 9.40. The molecule has 108 valence electrons. The van der Waals surface area contributed by atoms with Crippen molar-refractivity contribution in [3.63, 3.8) is 0 Å². The van der Waals surface area contributed by atoms with Crippen LogP contribution in [0.1, 0.15) is 18.2 Å². The summed E-state index contributed by atoms with van der Waals surface area (Å²) in [5.74, 6) is 0. The number of aromatic nitrogens is 1. The van der Waals surface area contributed by atoms with Crippen LogP contribution in [0.5, 0.6) is 0 Å². The van der Waals surface area contributed by atoms with Gasteiger partial charge < -0.3 is 11.9 Å². The number of hydrogen-bond donors (Lipinski definition) is 2. The van der Waals surface area contributed by atoms with Gasteiger partial charge in [-0.15, -0.1) is 0 Å². The molecule has 1 atom stereocenters. The van der Waals surface area contributed by atoms with E-state index in [2.05, 4.69) is 20.9 Å². The first-order chi connectivity index (χ1) is 8.88. The van der Waals surface area contributed by atoms with Gasteiger partial charge in [-0.2, -0.15) is 0 Å². The molecule has 6 heteroatoms. The first-order valence-corrected chi connectivity index (χ1v) is 7.28. The summed E-state index contributed by atoms with van der Waals surface area (Å²) < 4.78 is 0.932. The van der Waals surface area contributed by atoms with Crippen LogP contribution in [0.2, 0.25) is 10.0 Å². The van der Waals surface area contributed by atoms with Crippen molar-refractivity contribution < 1.29 is 0 Å². The third-order valence-corrected chi connectivity index (χ3v) is 4.08. The van der Waals surface area contributed by atoms with Gasteiger partial charge in [0.1, 0.15) is 0 Å². The molecule has 0 aliphatic rings. The summed E-state index contributed by atoms with van der Waals surface area (Å²) in [5.41, 5.74) is 7.66. The van der Waals surface area contributed by atoms with Crippen LogP contribution in [0.15, 0.2) is 41.0 Å². The fraction of sp³-hybridized carbons (Fsp3) is 0.214. The minimum absolute atomic E-state index is 0. The molecule has 1 aromatic carbocycles. The van der Waals surface area contributed by atoms with Crippen LogP contribution in [-0.4, -0.2) is 4.98 Å². The molecule has 1 unspecified atom stereocenters. The summed E-state index contributed by atoms with van der Waals surface area (Å²) in [7, 11) is 0. The van der Waals surface area contributed by atoms with Crippen LogP contribution < -0.4 is 11.9 Å². The quantitative estimate of drug-likeness (QED) is 0.812. The average molecular weight is 377 g/mol. The minimum Gasteiger partial charge on any atom is -0.344 e. The molecule has 20 heavy (non-hydrogen) atoms. The molecule has 1 heterocycles. The van der Waals surface area contributed by atoms with Crippen LogP contribution in [0, 0.1) is 0 Å². The minimum atomic E-state index is -0.558. The third-order valence-electron chi connectivity index (χ3n) is 2.87. The highest BCUT2D eigenvalue weighted by Gasteiger charge is 2.23. The molecule has 5 N–H and O–H groups in total. The maximum atomic E-state index is 6.35. The first-order valence-electron chi connectivity index (χ1n) is 5.73. The summed E-state index contributed by atoms with van der Waals surface area (Å²) >= 11 is 15.3. The summed E-state index contributed by atoms with van der Waals surface area (Å²) in [4.78, 5) is 4.36. The number of nitrogens with two attached hydrogens (primary N) is 1. The Bertz CT molecular complexity index is 585. The lowest BCUT2D eigenvalue weighted by molar-refractivity contribution is 0.476. The molecule has 2 rings (SSSR count). The van der Waals surface area contributed by atoms with Crippen molar-refractivity contribution in [3.8, 4) is 0 Å². The van der Waals surface area contributed by atoms with E-state index in [-0.39, 0.29) is 6.15 Å². The van der Waals surface area contributed by atoms with E-state index in [0.29, 0.717) is 16.5 Å². The molecular weight excluding hydrogens is 361 g/mol. The highest BCUT2D eigenvalue weighted by Crippen LogP contribution is 2.27. The highest BCUT2D eigenvalue weighted by atomic mass is 79.9. The molecule has 1 aromatic heterocycles. The van der Waals surface area contributed by atoms with E-state index in [1.807, 2.05) is 31.2 Å². The van der Waals surface area contributed by atoms with Gasteiger partial charge in [0.2, 0.25) is 0 Å². The van der Waals surface area contributed by atoms with Crippen LogP contribution >= 0.6 is 39.1 Å². The molecule has 0 aliphatic heterocycles. The van der Waals surface area contributed by atoms with Gasteiger partial charge in [-0.1, -0.05) is 29.3 Å². The van der Waals surface area contributed by atoms with Crippen LogP contribution in [0.4, 0.5) is 0 Å². The predicted molar refractivity (Wildman–Crippen MR) is 88.7 cm³/mol. The van der Waals surface area contributed by atoms with Gasteiger partial charge in [-0.3, -0.25) is 4.98 Å². The van der Waals surface area contributed by atoms with E-state index in [9.17, 15) is 0 Å². The topological polar surface area (TPSA) is 73.9 Å². The Kier molecular flexibility index (Phi) is 5.98. The lowest BCUT2D eigenvalue weighted by Gasteiger charge is -2.24. The van der Waals surface area contributed by atoms with E-state index >= 15 is 0 Å². The monoisotopic (exact) mass is 375 g/mol. The van der Waals surface area contributed by atoms with Crippen molar-refractivity contribution in [2.24, 2.45) is 5.73 Å². The zero-order valence-corrected chi connectivity index (χ0v) is 14.1. The predicted octanol–water partition coefficient (Wildman–Crippen LogP) is 4.73. The van der Waals surface area contributed by atoms with Crippen molar-refractivity contribution in [2.45, 2.75) is 18.9 Å². The van der Waals surface area contributed by atoms with Crippen LogP contribution in [-0.2, 0) is 12.0 Å². The number of nitrogens with zero attached hydrogens (tertiary/aromatic N) is 1.